The number of benzene rings is 4. The number of carboxylic acid groups (broad SMARTS) is 1. The first-order valence-corrected chi connectivity index (χ1v) is 18.7. The van der Waals surface area contributed by atoms with Gasteiger partial charge in [-0.2, -0.15) is 0 Å². The Balaban J connectivity index is 1.35. The molecule has 0 spiro atoms. The van der Waals surface area contributed by atoms with Crippen molar-refractivity contribution in [3.63, 3.8) is 0 Å². The van der Waals surface area contributed by atoms with Crippen molar-refractivity contribution in [2.45, 2.75) is 38.8 Å². The van der Waals surface area contributed by atoms with Gasteiger partial charge in [0.2, 0.25) is 5.36 Å². The summed E-state index contributed by atoms with van der Waals surface area (Å²) in [6.45, 7) is 9.12. The molecule has 8 heteroatoms. The minimum atomic E-state index is -1.02. The van der Waals surface area contributed by atoms with E-state index in [1.165, 1.54) is 47.3 Å². The van der Waals surface area contributed by atoms with Crippen molar-refractivity contribution in [3.8, 4) is 32.4 Å². The van der Waals surface area contributed by atoms with E-state index in [1.807, 2.05) is 28.7 Å². The highest BCUT2D eigenvalue weighted by Gasteiger charge is 2.43. The predicted octanol–water partition coefficient (Wildman–Crippen LogP) is 8.95. The number of hydrogen-bond donors (Lipinski definition) is 1. The number of thiophene rings is 2. The third-order valence-electron chi connectivity index (χ3n) is 11.6. The third kappa shape index (κ3) is 3.94. The molecule has 6 nitrogen and oxygen atoms in total. The Morgan fingerprint density at radius 3 is 2.18 bits per heavy atom. The maximum Gasteiger partial charge on any atom is 0.337 e. The Morgan fingerprint density at radius 1 is 0.804 bits per heavy atom. The Labute approximate surface area is 302 Å². The minimum Gasteiger partial charge on any atom is -0.478 e. The Bertz CT molecular complexity index is 2860. The quantitative estimate of drug-likeness (QED) is 0.182. The number of anilines is 1. The number of fused-ring (bicyclic) bond motifs is 12. The zero-order chi connectivity index (χ0) is 35.1. The van der Waals surface area contributed by atoms with Gasteiger partial charge in [-0.15, -0.1) is 22.7 Å². The summed E-state index contributed by atoms with van der Waals surface area (Å²) in [6.07, 6.45) is 3.14. The smallest absolute Gasteiger partial charge is 0.337 e. The summed E-state index contributed by atoms with van der Waals surface area (Å²) in [5.41, 5.74) is 7.87. The van der Waals surface area contributed by atoms with E-state index in [0.717, 1.165) is 38.5 Å². The Kier molecular flexibility index (Phi) is 6.07. The number of ether oxygens (including phenoxy) is 1. The highest BCUT2D eigenvalue weighted by molar-refractivity contribution is 7.23. The summed E-state index contributed by atoms with van der Waals surface area (Å²) in [6, 6.07) is 27.9. The van der Waals surface area contributed by atoms with Crippen LogP contribution < -0.4 is 24.8 Å². The summed E-state index contributed by atoms with van der Waals surface area (Å²) < 4.78 is 11.8. The fraction of sp³-hybridized carbons (Fsp3) is 0.186. The van der Waals surface area contributed by atoms with Gasteiger partial charge in [-0.1, -0.05) is 36.4 Å². The van der Waals surface area contributed by atoms with Crippen molar-refractivity contribution in [1.82, 2.24) is 9.56 Å². The number of carbonyl (C=O) groups is 1. The van der Waals surface area contributed by atoms with Gasteiger partial charge in [-0.3, -0.25) is 4.98 Å². The molecule has 3 aliphatic heterocycles. The van der Waals surface area contributed by atoms with Gasteiger partial charge < -0.3 is 14.7 Å². The molecule has 3 aromatic heterocycles. The SMILES string of the molecule is CN1c2cc3c(cc2-c2sc4ccccc4c2C1(C)C)C(c1ccncc1C(=O)O)=c1cc2c(cc1O3)=[N+](C)C(C)(C)c1c-2sc2ccccc12. The van der Waals surface area contributed by atoms with Gasteiger partial charge >= 0.3 is 5.97 Å². The Hall–Kier alpha value is -5.31. The Morgan fingerprint density at radius 2 is 1.47 bits per heavy atom. The fourth-order valence-corrected chi connectivity index (χ4v) is 11.3. The number of rotatable bonds is 2. The van der Waals surface area contributed by atoms with Crippen LogP contribution in [0.3, 0.4) is 0 Å². The second kappa shape index (κ2) is 10.1. The molecule has 0 unspecified atom stereocenters. The molecule has 0 aliphatic carbocycles. The van der Waals surface area contributed by atoms with Gasteiger partial charge in [0.05, 0.1) is 27.6 Å². The lowest BCUT2D eigenvalue weighted by Crippen LogP contribution is -2.46. The summed E-state index contributed by atoms with van der Waals surface area (Å²) in [7, 11) is 4.31. The molecular weight excluding hydrogens is 671 g/mol. The number of aromatic carboxylic acids is 1. The predicted molar refractivity (Wildman–Crippen MR) is 208 cm³/mol. The van der Waals surface area contributed by atoms with Crippen molar-refractivity contribution >= 4 is 60.1 Å². The maximum absolute atomic E-state index is 12.8. The molecule has 250 valence electrons. The summed E-state index contributed by atoms with van der Waals surface area (Å²) in [5, 5.41) is 15.0. The number of hydrogen-bond acceptors (Lipinski definition) is 6. The van der Waals surface area contributed by atoms with E-state index in [4.69, 9.17) is 4.74 Å². The number of nitrogens with zero attached hydrogens (tertiary/aromatic N) is 3. The molecule has 6 heterocycles. The molecule has 7 aromatic rings. The molecule has 0 saturated heterocycles. The van der Waals surface area contributed by atoms with Crippen LogP contribution in [0.25, 0.3) is 46.6 Å². The summed E-state index contributed by atoms with van der Waals surface area (Å²) in [4.78, 5) is 21.9. The zero-order valence-corrected chi connectivity index (χ0v) is 30.7. The molecule has 0 fully saturated rings. The molecule has 0 radical (unpaired) electrons. The van der Waals surface area contributed by atoms with Crippen LogP contribution in [-0.4, -0.2) is 30.2 Å². The van der Waals surface area contributed by atoms with Crippen LogP contribution in [0, 0.1) is 0 Å². The highest BCUT2D eigenvalue weighted by Crippen LogP contribution is 2.56. The first kappa shape index (κ1) is 30.5. The maximum atomic E-state index is 12.8. The van der Waals surface area contributed by atoms with Gasteiger partial charge in [0, 0.05) is 103 Å². The van der Waals surface area contributed by atoms with E-state index in [0.29, 0.717) is 17.1 Å². The average molecular weight is 705 g/mol. The molecule has 10 rings (SSSR count). The largest absolute Gasteiger partial charge is 0.478 e. The summed E-state index contributed by atoms with van der Waals surface area (Å²) >= 11 is 3.63. The molecule has 0 saturated carbocycles. The van der Waals surface area contributed by atoms with Crippen molar-refractivity contribution in [2.75, 3.05) is 19.0 Å². The molecule has 0 bridgehead atoms. The fourth-order valence-electron chi connectivity index (χ4n) is 8.58. The third-order valence-corrected chi connectivity index (χ3v) is 14.0. The number of pyridine rings is 1. The van der Waals surface area contributed by atoms with Gasteiger partial charge in [0.25, 0.3) is 0 Å². The summed E-state index contributed by atoms with van der Waals surface area (Å²) in [5.74, 6) is 0.395. The lowest BCUT2D eigenvalue weighted by molar-refractivity contribution is 0.0696. The van der Waals surface area contributed by atoms with Crippen molar-refractivity contribution < 1.29 is 14.6 Å². The van der Waals surface area contributed by atoms with Crippen LogP contribution in [-0.2, 0) is 11.1 Å². The molecular formula is C43H34N3O3S2+. The van der Waals surface area contributed by atoms with Crippen LogP contribution in [0.15, 0.2) is 91.3 Å². The first-order valence-electron chi connectivity index (χ1n) is 17.1. The molecule has 1 N–H and O–H groups in total. The lowest BCUT2D eigenvalue weighted by Gasteiger charge is -2.43. The van der Waals surface area contributed by atoms with Crippen molar-refractivity contribution in [1.29, 1.82) is 0 Å². The number of aromatic nitrogens is 1. The molecule has 51 heavy (non-hydrogen) atoms. The van der Waals surface area contributed by atoms with Gasteiger partial charge in [-0.05, 0) is 49.6 Å². The second-order valence-electron chi connectivity index (χ2n) is 14.8. The second-order valence-corrected chi connectivity index (χ2v) is 16.9. The van der Waals surface area contributed by atoms with E-state index < -0.39 is 5.97 Å². The van der Waals surface area contributed by atoms with Crippen LogP contribution in [0.2, 0.25) is 0 Å². The monoisotopic (exact) mass is 704 g/mol. The average Bonchev–Trinajstić information content (AvgIpc) is 3.72. The van der Waals surface area contributed by atoms with E-state index in [1.54, 1.807) is 6.20 Å². The van der Waals surface area contributed by atoms with Crippen LogP contribution in [0.1, 0.15) is 60.3 Å². The van der Waals surface area contributed by atoms with Gasteiger partial charge in [-0.25, -0.2) is 9.37 Å². The van der Waals surface area contributed by atoms with Crippen LogP contribution in [0.5, 0.6) is 11.5 Å². The first-order chi connectivity index (χ1) is 24.5. The van der Waals surface area contributed by atoms with Gasteiger partial charge in [0.15, 0.2) is 5.54 Å². The molecule has 4 aromatic carbocycles. The van der Waals surface area contributed by atoms with Crippen LogP contribution in [0.4, 0.5) is 5.69 Å². The van der Waals surface area contributed by atoms with Crippen molar-refractivity contribution in [3.05, 3.63) is 130 Å². The molecule has 0 amide bonds. The van der Waals surface area contributed by atoms with Gasteiger partial charge in [0.1, 0.15) is 18.5 Å². The van der Waals surface area contributed by atoms with Crippen molar-refractivity contribution in [2.24, 2.45) is 0 Å². The van der Waals surface area contributed by atoms with E-state index >= 15 is 0 Å². The normalized spacial score (nSPS) is 16.2. The van der Waals surface area contributed by atoms with E-state index in [2.05, 4.69) is 129 Å². The topological polar surface area (TPSA) is 65.7 Å². The van der Waals surface area contributed by atoms with Crippen LogP contribution >= 0.6 is 22.7 Å². The standard InChI is InChI=1S/C43H33N3O3S2/c1-42(2)37-23-11-7-9-13-34(23)50-39(37)25-17-27-32(19-30(25)45(42)5)49-33-20-31-26(18-28(33)36(27)22-15-16-44-21-29(22)41(47)48)40-38(43(3,4)46(31)6)24-12-8-10-14-35(24)51-40/h7-21H,1-6H3/p+1. The molecule has 3 aliphatic rings. The van der Waals surface area contributed by atoms with E-state index in [-0.39, 0.29) is 16.6 Å². The van der Waals surface area contributed by atoms with E-state index in [9.17, 15) is 9.90 Å². The minimum absolute atomic E-state index is 0.156. The zero-order valence-electron chi connectivity index (χ0n) is 29.1. The molecule has 0 atom stereocenters. The lowest BCUT2D eigenvalue weighted by atomic mass is 9.81. The number of carboxylic acids is 1. The highest BCUT2D eigenvalue weighted by atomic mass is 32.1.